The molecule has 1 amide bonds. The average Bonchev–Trinajstić information content (AvgIpc) is 2.71. The van der Waals surface area contributed by atoms with Crippen molar-refractivity contribution >= 4 is 11.9 Å². The number of aryl methyl sites for hydroxylation is 1. The van der Waals surface area contributed by atoms with Crippen molar-refractivity contribution in [2.24, 2.45) is 4.99 Å². The number of nitrogens with zero attached hydrogens (tertiary/aromatic N) is 1. The monoisotopic (exact) mass is 422 g/mol. The van der Waals surface area contributed by atoms with E-state index in [4.69, 9.17) is 0 Å². The highest BCUT2D eigenvalue weighted by Crippen LogP contribution is 2.18. The van der Waals surface area contributed by atoms with Gasteiger partial charge < -0.3 is 20.7 Å². The Morgan fingerprint density at radius 2 is 1.73 bits per heavy atom. The Morgan fingerprint density at radius 1 is 1.03 bits per heavy atom. The molecule has 6 nitrogen and oxygen atoms in total. The molecule has 0 aliphatic rings. The van der Waals surface area contributed by atoms with Crippen molar-refractivity contribution < 1.29 is 22.7 Å². The van der Waals surface area contributed by atoms with Crippen molar-refractivity contribution in [2.75, 3.05) is 26.7 Å². The molecule has 2 aromatic carbocycles. The normalized spacial score (nSPS) is 11.7. The van der Waals surface area contributed by atoms with E-state index < -0.39 is 12.8 Å². The van der Waals surface area contributed by atoms with Crippen molar-refractivity contribution in [3.05, 3.63) is 65.2 Å². The number of guanidine groups is 1. The number of hydrogen-bond acceptors (Lipinski definition) is 3. The molecule has 0 radical (unpaired) electrons. The standard InChI is InChI=1S/C21H25F3N4O2/c1-15-4-3-5-17(12-15)19(29)26-10-11-27-20(25-2)28-13-16-6-8-18(9-7-16)30-14-21(22,23)24/h3-9,12H,10-11,13-14H2,1-2H3,(H,26,29)(H2,25,27,28). The topological polar surface area (TPSA) is 74.8 Å². The molecule has 0 saturated carbocycles. The smallest absolute Gasteiger partial charge is 0.422 e. The lowest BCUT2D eigenvalue weighted by atomic mass is 10.1. The largest absolute Gasteiger partial charge is 0.484 e. The summed E-state index contributed by atoms with van der Waals surface area (Å²) in [5.74, 6) is 0.552. The molecule has 0 atom stereocenters. The average molecular weight is 422 g/mol. The Hall–Kier alpha value is -3.23. The van der Waals surface area contributed by atoms with Gasteiger partial charge in [0.2, 0.25) is 0 Å². The molecule has 3 N–H and O–H groups in total. The Labute approximate surface area is 173 Å². The molecule has 0 fully saturated rings. The molecule has 30 heavy (non-hydrogen) atoms. The number of benzene rings is 2. The Kier molecular flexibility index (Phi) is 8.52. The highest BCUT2D eigenvalue weighted by molar-refractivity contribution is 5.94. The number of amides is 1. The zero-order chi connectivity index (χ0) is 22.0. The van der Waals surface area contributed by atoms with Gasteiger partial charge in [-0.15, -0.1) is 0 Å². The third-order valence-corrected chi connectivity index (χ3v) is 3.99. The van der Waals surface area contributed by atoms with Crippen LogP contribution >= 0.6 is 0 Å². The maximum atomic E-state index is 12.2. The van der Waals surface area contributed by atoms with Gasteiger partial charge in [0, 0.05) is 32.2 Å². The molecule has 0 bridgehead atoms. The van der Waals surface area contributed by atoms with Crippen LogP contribution in [0.5, 0.6) is 5.75 Å². The number of aliphatic imine (C=N–C) groups is 1. The van der Waals surface area contributed by atoms with E-state index in [1.165, 1.54) is 12.1 Å². The van der Waals surface area contributed by atoms with Crippen molar-refractivity contribution in [3.63, 3.8) is 0 Å². The Morgan fingerprint density at radius 3 is 2.37 bits per heavy atom. The molecule has 0 aromatic heterocycles. The second-order valence-corrected chi connectivity index (χ2v) is 6.53. The molecule has 0 aliphatic heterocycles. The molecule has 9 heteroatoms. The number of carbonyl (C=O) groups is 1. The third kappa shape index (κ3) is 8.42. The van der Waals surface area contributed by atoms with Gasteiger partial charge in [-0.05, 0) is 36.8 Å². The number of nitrogens with one attached hydrogen (secondary N) is 3. The molecule has 162 valence electrons. The van der Waals surface area contributed by atoms with E-state index in [0.29, 0.717) is 31.2 Å². The molecular formula is C21H25F3N4O2. The summed E-state index contributed by atoms with van der Waals surface area (Å²) in [5, 5.41) is 9.00. The fourth-order valence-electron chi connectivity index (χ4n) is 2.52. The second kappa shape index (κ2) is 11.1. The number of ether oxygens (including phenoxy) is 1. The van der Waals surface area contributed by atoms with Crippen LogP contribution in [0.3, 0.4) is 0 Å². The number of alkyl halides is 3. The van der Waals surface area contributed by atoms with Crippen LogP contribution in [0.4, 0.5) is 13.2 Å². The predicted molar refractivity (Wildman–Crippen MR) is 110 cm³/mol. The first kappa shape index (κ1) is 23.1. The van der Waals surface area contributed by atoms with Crippen LogP contribution in [0, 0.1) is 6.92 Å². The van der Waals surface area contributed by atoms with Gasteiger partial charge in [-0.2, -0.15) is 13.2 Å². The van der Waals surface area contributed by atoms with E-state index in [1.807, 2.05) is 25.1 Å². The van der Waals surface area contributed by atoms with Gasteiger partial charge in [-0.1, -0.05) is 29.8 Å². The van der Waals surface area contributed by atoms with Gasteiger partial charge in [0.25, 0.3) is 5.91 Å². The molecule has 0 heterocycles. The zero-order valence-electron chi connectivity index (χ0n) is 16.8. The van der Waals surface area contributed by atoms with Crippen molar-refractivity contribution in [1.29, 1.82) is 0 Å². The first-order valence-electron chi connectivity index (χ1n) is 9.35. The SMILES string of the molecule is CN=C(NCCNC(=O)c1cccc(C)c1)NCc1ccc(OCC(F)(F)F)cc1. The lowest BCUT2D eigenvalue weighted by Gasteiger charge is -2.13. The fourth-order valence-corrected chi connectivity index (χ4v) is 2.52. The minimum atomic E-state index is -4.36. The first-order valence-corrected chi connectivity index (χ1v) is 9.35. The zero-order valence-corrected chi connectivity index (χ0v) is 16.8. The summed E-state index contributed by atoms with van der Waals surface area (Å²) in [5.41, 5.74) is 2.48. The van der Waals surface area contributed by atoms with E-state index in [0.717, 1.165) is 11.1 Å². The van der Waals surface area contributed by atoms with E-state index in [9.17, 15) is 18.0 Å². The summed E-state index contributed by atoms with van der Waals surface area (Å²) in [6.45, 7) is 1.92. The molecule has 0 saturated heterocycles. The van der Waals surface area contributed by atoms with Gasteiger partial charge in [0.1, 0.15) is 5.75 Å². The van der Waals surface area contributed by atoms with Gasteiger partial charge in [-0.25, -0.2) is 0 Å². The highest BCUT2D eigenvalue weighted by atomic mass is 19.4. The van der Waals surface area contributed by atoms with Gasteiger partial charge in [0.05, 0.1) is 0 Å². The highest BCUT2D eigenvalue weighted by Gasteiger charge is 2.28. The quantitative estimate of drug-likeness (QED) is 0.347. The fraction of sp³-hybridized carbons (Fsp3) is 0.333. The summed E-state index contributed by atoms with van der Waals surface area (Å²) in [7, 11) is 1.62. The Balaban J connectivity index is 1.70. The number of rotatable bonds is 8. The van der Waals surface area contributed by atoms with Crippen LogP contribution in [-0.4, -0.2) is 44.8 Å². The third-order valence-electron chi connectivity index (χ3n) is 3.99. The maximum absolute atomic E-state index is 12.2. The number of carbonyl (C=O) groups excluding carboxylic acids is 1. The van der Waals surface area contributed by atoms with E-state index in [2.05, 4.69) is 25.7 Å². The summed E-state index contributed by atoms with van der Waals surface area (Å²) in [6, 6.07) is 13.7. The molecule has 0 aliphatic carbocycles. The van der Waals surface area contributed by atoms with E-state index in [-0.39, 0.29) is 11.7 Å². The predicted octanol–water partition coefficient (Wildman–Crippen LogP) is 3.03. The second-order valence-electron chi connectivity index (χ2n) is 6.53. The lowest BCUT2D eigenvalue weighted by Crippen LogP contribution is -2.41. The molecule has 2 aromatic rings. The summed E-state index contributed by atoms with van der Waals surface area (Å²) >= 11 is 0. The molecule has 0 unspecified atom stereocenters. The number of hydrogen-bond donors (Lipinski definition) is 3. The maximum Gasteiger partial charge on any atom is 0.422 e. The van der Waals surface area contributed by atoms with Crippen molar-refractivity contribution in [1.82, 2.24) is 16.0 Å². The van der Waals surface area contributed by atoms with E-state index >= 15 is 0 Å². The van der Waals surface area contributed by atoms with Crippen LogP contribution in [-0.2, 0) is 6.54 Å². The van der Waals surface area contributed by atoms with Crippen molar-refractivity contribution in [3.8, 4) is 5.75 Å². The van der Waals surface area contributed by atoms with Gasteiger partial charge in [0.15, 0.2) is 12.6 Å². The van der Waals surface area contributed by atoms with Crippen molar-refractivity contribution in [2.45, 2.75) is 19.6 Å². The van der Waals surface area contributed by atoms with Gasteiger partial charge in [-0.3, -0.25) is 9.79 Å². The minimum Gasteiger partial charge on any atom is -0.484 e. The van der Waals surface area contributed by atoms with Gasteiger partial charge >= 0.3 is 6.18 Å². The van der Waals surface area contributed by atoms with Crippen LogP contribution in [0.25, 0.3) is 0 Å². The van der Waals surface area contributed by atoms with Crippen LogP contribution in [0.15, 0.2) is 53.5 Å². The number of halogens is 3. The summed E-state index contributed by atoms with van der Waals surface area (Å²) in [6.07, 6.45) is -4.36. The Bertz CT molecular complexity index is 852. The molecule has 2 rings (SSSR count). The minimum absolute atomic E-state index is 0.142. The first-order chi connectivity index (χ1) is 14.3. The lowest BCUT2D eigenvalue weighted by molar-refractivity contribution is -0.153. The van der Waals surface area contributed by atoms with Crippen LogP contribution < -0.4 is 20.7 Å². The molecular weight excluding hydrogens is 397 g/mol. The van der Waals surface area contributed by atoms with E-state index in [1.54, 1.807) is 25.2 Å². The van der Waals surface area contributed by atoms with Crippen LogP contribution in [0.1, 0.15) is 21.5 Å². The molecule has 0 spiro atoms. The summed E-state index contributed by atoms with van der Waals surface area (Å²) < 4.78 is 41.2. The van der Waals surface area contributed by atoms with Crippen LogP contribution in [0.2, 0.25) is 0 Å². The summed E-state index contributed by atoms with van der Waals surface area (Å²) in [4.78, 5) is 16.2.